The highest BCUT2D eigenvalue weighted by atomic mass is 127. The highest BCUT2D eigenvalue weighted by molar-refractivity contribution is 14.0. The van der Waals surface area contributed by atoms with Crippen molar-refractivity contribution in [1.29, 1.82) is 0 Å². The van der Waals surface area contributed by atoms with Crippen molar-refractivity contribution in [3.8, 4) is 0 Å². The molecular weight excluding hydrogens is 533 g/mol. The molecule has 0 saturated carbocycles. The molecule has 0 atom stereocenters. The number of hydrogen-bond donors (Lipinski definition) is 3. The second-order valence-electron chi connectivity index (χ2n) is 7.70. The van der Waals surface area contributed by atoms with Gasteiger partial charge in [-0.3, -0.25) is 0 Å². The van der Waals surface area contributed by atoms with Crippen molar-refractivity contribution >= 4 is 46.1 Å². The van der Waals surface area contributed by atoms with Crippen molar-refractivity contribution < 1.29 is 17.9 Å². The number of sulfonamides is 1. The van der Waals surface area contributed by atoms with Gasteiger partial charge in [0.15, 0.2) is 5.96 Å². The molecule has 1 heterocycles. The summed E-state index contributed by atoms with van der Waals surface area (Å²) in [5.41, 5.74) is 6.85. The number of carbonyl (C=O) groups is 1. The standard InChI is InChI=1S/C20H33N5O4S.HI/c1-4-29-20(26)25-11-9-17(10-12-25)24-19(21)22-14-16-5-7-18(8-6-16)30(27,28)23-13-15(2)3;/h5-8,15,17,23H,4,9-14H2,1-3H3,(H3,21,22,24);1H. The molecule has 0 aromatic heterocycles. The summed E-state index contributed by atoms with van der Waals surface area (Å²) in [6.07, 6.45) is 1.26. The Morgan fingerprint density at radius 3 is 2.42 bits per heavy atom. The van der Waals surface area contributed by atoms with E-state index >= 15 is 0 Å². The van der Waals surface area contributed by atoms with Gasteiger partial charge in [0, 0.05) is 25.7 Å². The number of likely N-dealkylation sites (tertiary alicyclic amines) is 1. The number of nitrogens with two attached hydrogens (primary N) is 1. The maximum atomic E-state index is 12.2. The second-order valence-corrected chi connectivity index (χ2v) is 9.46. The molecule has 0 unspecified atom stereocenters. The molecule has 0 spiro atoms. The minimum absolute atomic E-state index is 0. The van der Waals surface area contributed by atoms with E-state index in [-0.39, 0.29) is 46.9 Å². The largest absolute Gasteiger partial charge is 0.450 e. The number of benzene rings is 1. The number of guanidine groups is 1. The van der Waals surface area contributed by atoms with Crippen molar-refractivity contribution in [3.63, 3.8) is 0 Å². The van der Waals surface area contributed by atoms with Crippen LogP contribution in [0.15, 0.2) is 34.2 Å². The van der Waals surface area contributed by atoms with Crippen LogP contribution < -0.4 is 15.8 Å². The van der Waals surface area contributed by atoms with E-state index in [0.29, 0.717) is 38.7 Å². The summed E-state index contributed by atoms with van der Waals surface area (Å²) in [5.74, 6) is 0.571. The average molecular weight is 567 g/mol. The van der Waals surface area contributed by atoms with E-state index in [9.17, 15) is 13.2 Å². The van der Waals surface area contributed by atoms with Gasteiger partial charge in [0.2, 0.25) is 10.0 Å². The molecule has 1 fully saturated rings. The Morgan fingerprint density at radius 2 is 1.87 bits per heavy atom. The molecule has 1 aromatic rings. The minimum atomic E-state index is -3.50. The van der Waals surface area contributed by atoms with E-state index in [2.05, 4.69) is 15.0 Å². The van der Waals surface area contributed by atoms with Gasteiger partial charge in [-0.2, -0.15) is 0 Å². The lowest BCUT2D eigenvalue weighted by Crippen LogP contribution is -2.48. The van der Waals surface area contributed by atoms with Crippen LogP contribution in [0.3, 0.4) is 0 Å². The van der Waals surface area contributed by atoms with Crippen LogP contribution >= 0.6 is 24.0 Å². The van der Waals surface area contributed by atoms with E-state index in [1.54, 1.807) is 36.1 Å². The molecule has 31 heavy (non-hydrogen) atoms. The Hall–Kier alpha value is -1.60. The Bertz CT molecular complexity index is 822. The van der Waals surface area contributed by atoms with Gasteiger partial charge in [0.25, 0.3) is 0 Å². The number of halogens is 1. The van der Waals surface area contributed by atoms with Crippen molar-refractivity contribution in [2.75, 3.05) is 26.2 Å². The van der Waals surface area contributed by atoms with Crippen molar-refractivity contribution in [2.24, 2.45) is 16.6 Å². The number of aliphatic imine (C=N–C) groups is 1. The predicted molar refractivity (Wildman–Crippen MR) is 132 cm³/mol. The normalized spacial score (nSPS) is 15.5. The Kier molecular flexibility index (Phi) is 11.6. The quantitative estimate of drug-likeness (QED) is 0.252. The van der Waals surface area contributed by atoms with Crippen LogP contribution in [-0.2, 0) is 21.3 Å². The molecule has 176 valence electrons. The van der Waals surface area contributed by atoms with E-state index < -0.39 is 10.0 Å². The monoisotopic (exact) mass is 567 g/mol. The van der Waals surface area contributed by atoms with Crippen molar-refractivity contribution in [3.05, 3.63) is 29.8 Å². The summed E-state index contributed by atoms with van der Waals surface area (Å²) in [5, 5.41) is 3.19. The Balaban J connectivity index is 0.00000480. The zero-order valence-corrected chi connectivity index (χ0v) is 21.5. The first-order valence-corrected chi connectivity index (χ1v) is 11.8. The third-order valence-corrected chi connectivity index (χ3v) is 6.16. The molecule has 0 aliphatic carbocycles. The number of nitrogens with one attached hydrogen (secondary N) is 2. The molecule has 1 saturated heterocycles. The maximum absolute atomic E-state index is 12.2. The van der Waals surface area contributed by atoms with Gasteiger partial charge in [-0.05, 0) is 43.4 Å². The highest BCUT2D eigenvalue weighted by Gasteiger charge is 2.23. The summed E-state index contributed by atoms with van der Waals surface area (Å²) in [6.45, 7) is 8.04. The van der Waals surface area contributed by atoms with Crippen LogP contribution in [0.1, 0.15) is 39.2 Å². The highest BCUT2D eigenvalue weighted by Crippen LogP contribution is 2.13. The van der Waals surface area contributed by atoms with Gasteiger partial charge < -0.3 is 20.7 Å². The zero-order valence-electron chi connectivity index (χ0n) is 18.3. The first kappa shape index (κ1) is 27.4. The Morgan fingerprint density at radius 1 is 1.26 bits per heavy atom. The zero-order chi connectivity index (χ0) is 22.1. The summed E-state index contributed by atoms with van der Waals surface area (Å²) in [4.78, 5) is 18.0. The molecule has 1 amide bonds. The van der Waals surface area contributed by atoms with Crippen LogP contribution in [0.2, 0.25) is 0 Å². The SMILES string of the molecule is CCOC(=O)N1CCC(NC(N)=NCc2ccc(S(=O)(=O)NCC(C)C)cc2)CC1.I. The third-order valence-electron chi connectivity index (χ3n) is 4.72. The van der Waals surface area contributed by atoms with Crippen LogP contribution in [0, 0.1) is 5.92 Å². The number of carbonyl (C=O) groups excluding carboxylic acids is 1. The van der Waals surface area contributed by atoms with E-state index in [1.165, 1.54) is 0 Å². The second kappa shape index (κ2) is 13.1. The molecule has 2 rings (SSSR count). The van der Waals surface area contributed by atoms with Crippen molar-refractivity contribution in [1.82, 2.24) is 14.9 Å². The number of ether oxygens (including phenoxy) is 1. The number of amides is 1. The summed E-state index contributed by atoms with van der Waals surface area (Å²) < 4.78 is 32.1. The van der Waals surface area contributed by atoms with Crippen LogP contribution in [0.5, 0.6) is 0 Å². The molecular formula is C20H34IN5O4S. The molecule has 0 radical (unpaired) electrons. The lowest BCUT2D eigenvalue weighted by atomic mass is 10.1. The van der Waals surface area contributed by atoms with E-state index in [4.69, 9.17) is 10.5 Å². The number of nitrogens with zero attached hydrogens (tertiary/aromatic N) is 2. The topological polar surface area (TPSA) is 126 Å². The van der Waals surface area contributed by atoms with Crippen LogP contribution in [0.25, 0.3) is 0 Å². The van der Waals surface area contributed by atoms with Crippen LogP contribution in [0.4, 0.5) is 4.79 Å². The minimum Gasteiger partial charge on any atom is -0.450 e. The molecule has 11 heteroatoms. The van der Waals surface area contributed by atoms with Gasteiger partial charge in [-0.15, -0.1) is 24.0 Å². The van der Waals surface area contributed by atoms with Gasteiger partial charge in [0.1, 0.15) is 0 Å². The number of hydrogen-bond acceptors (Lipinski definition) is 5. The summed E-state index contributed by atoms with van der Waals surface area (Å²) in [7, 11) is -3.50. The third kappa shape index (κ3) is 9.19. The molecule has 1 aliphatic rings. The first-order valence-electron chi connectivity index (χ1n) is 10.3. The molecule has 1 aliphatic heterocycles. The van der Waals surface area contributed by atoms with E-state index in [1.807, 2.05) is 13.8 Å². The van der Waals surface area contributed by atoms with E-state index in [0.717, 1.165) is 18.4 Å². The summed E-state index contributed by atoms with van der Waals surface area (Å²) in [6, 6.07) is 6.76. The fourth-order valence-electron chi connectivity index (χ4n) is 2.99. The van der Waals surface area contributed by atoms with Gasteiger partial charge in [-0.1, -0.05) is 26.0 Å². The number of piperidine rings is 1. The predicted octanol–water partition coefficient (Wildman–Crippen LogP) is 2.26. The molecule has 9 nitrogen and oxygen atoms in total. The van der Waals surface area contributed by atoms with Crippen molar-refractivity contribution in [2.45, 2.75) is 51.1 Å². The lowest BCUT2D eigenvalue weighted by molar-refractivity contribution is 0.0963. The molecule has 1 aromatic carbocycles. The molecule has 0 bridgehead atoms. The van der Waals surface area contributed by atoms with Crippen LogP contribution in [-0.4, -0.2) is 57.7 Å². The Labute approximate surface area is 202 Å². The number of rotatable bonds is 8. The maximum Gasteiger partial charge on any atom is 0.409 e. The van der Waals surface area contributed by atoms with Gasteiger partial charge >= 0.3 is 6.09 Å². The van der Waals surface area contributed by atoms with Gasteiger partial charge in [0.05, 0.1) is 18.0 Å². The molecule has 4 N–H and O–H groups in total. The smallest absolute Gasteiger partial charge is 0.409 e. The lowest BCUT2D eigenvalue weighted by Gasteiger charge is -2.31. The fraction of sp³-hybridized carbons (Fsp3) is 0.600. The summed E-state index contributed by atoms with van der Waals surface area (Å²) >= 11 is 0. The first-order chi connectivity index (χ1) is 14.2. The fourth-order valence-corrected chi connectivity index (χ4v) is 4.20. The average Bonchev–Trinajstić information content (AvgIpc) is 2.72. The van der Waals surface area contributed by atoms with Gasteiger partial charge in [-0.25, -0.2) is 22.9 Å².